The summed E-state index contributed by atoms with van der Waals surface area (Å²) in [5.41, 5.74) is 0. The molecule has 2 rings (SSSR count). The Morgan fingerprint density at radius 3 is 2.88 bits per heavy atom. The van der Waals surface area contributed by atoms with E-state index in [1.165, 1.54) is 12.1 Å². The molecule has 0 amide bonds. The number of imidazole rings is 1. The number of aromatic nitrogens is 2. The number of nitrogens with one attached hydrogen (secondary N) is 2. The monoisotopic (exact) mass is 361 g/mol. The van der Waals surface area contributed by atoms with Crippen molar-refractivity contribution in [3.63, 3.8) is 0 Å². The molecule has 1 aromatic carbocycles. The fourth-order valence-electron chi connectivity index (χ4n) is 2.53. The Morgan fingerprint density at radius 2 is 2.19 bits per heavy atom. The molecule has 2 aromatic rings. The van der Waals surface area contributed by atoms with Crippen LogP contribution in [0.2, 0.25) is 0 Å². The first-order valence-corrected chi connectivity index (χ1v) is 8.93. The van der Waals surface area contributed by atoms with E-state index >= 15 is 0 Å². The number of guanidine groups is 1. The largest absolute Gasteiger partial charge is 0.489 e. The molecule has 0 spiro atoms. The van der Waals surface area contributed by atoms with E-state index < -0.39 is 0 Å². The van der Waals surface area contributed by atoms with E-state index in [4.69, 9.17) is 4.74 Å². The Kier molecular flexibility index (Phi) is 7.92. The molecule has 0 radical (unpaired) electrons. The van der Waals surface area contributed by atoms with Crippen LogP contribution in [0.5, 0.6) is 5.75 Å². The van der Waals surface area contributed by atoms with Crippen LogP contribution >= 0.6 is 0 Å². The minimum atomic E-state index is -0.300. The van der Waals surface area contributed by atoms with E-state index in [-0.39, 0.29) is 11.9 Å². The van der Waals surface area contributed by atoms with E-state index in [9.17, 15) is 4.39 Å². The van der Waals surface area contributed by atoms with Crippen molar-refractivity contribution in [2.45, 2.75) is 39.3 Å². The summed E-state index contributed by atoms with van der Waals surface area (Å²) in [6, 6.07) is 6.16. The Labute approximate surface area is 154 Å². The second-order valence-corrected chi connectivity index (χ2v) is 6.14. The highest BCUT2D eigenvalue weighted by Crippen LogP contribution is 2.13. The minimum Gasteiger partial charge on any atom is -0.489 e. The molecule has 26 heavy (non-hydrogen) atoms. The second-order valence-electron chi connectivity index (χ2n) is 6.14. The number of nitrogens with zero attached hydrogens (tertiary/aromatic N) is 3. The molecule has 1 unspecified atom stereocenters. The summed E-state index contributed by atoms with van der Waals surface area (Å²) in [6.45, 7) is 6.32. The number of halogens is 1. The molecular formula is C19H28FN5O. The fraction of sp³-hybridized carbons (Fsp3) is 0.474. The predicted octanol–water partition coefficient (Wildman–Crippen LogP) is 2.74. The summed E-state index contributed by atoms with van der Waals surface area (Å²) >= 11 is 0. The summed E-state index contributed by atoms with van der Waals surface area (Å²) < 4.78 is 21.0. The predicted molar refractivity (Wildman–Crippen MR) is 102 cm³/mol. The molecule has 1 aromatic heterocycles. The maximum Gasteiger partial charge on any atom is 0.191 e. The number of hydrogen-bond donors (Lipinski definition) is 2. The van der Waals surface area contributed by atoms with Crippen LogP contribution < -0.4 is 15.4 Å². The van der Waals surface area contributed by atoms with E-state index in [0.29, 0.717) is 12.3 Å². The molecule has 0 saturated heterocycles. The number of rotatable bonds is 9. The van der Waals surface area contributed by atoms with Gasteiger partial charge < -0.3 is 19.9 Å². The average Bonchev–Trinajstić information content (AvgIpc) is 3.02. The normalized spacial score (nSPS) is 12.7. The maximum absolute atomic E-state index is 13.2. The van der Waals surface area contributed by atoms with Gasteiger partial charge in [-0.25, -0.2) is 9.37 Å². The van der Waals surface area contributed by atoms with Crippen molar-refractivity contribution in [3.05, 3.63) is 48.3 Å². The van der Waals surface area contributed by atoms with Crippen molar-refractivity contribution in [2.24, 2.45) is 4.99 Å². The van der Waals surface area contributed by atoms with Gasteiger partial charge in [0.2, 0.25) is 0 Å². The topological polar surface area (TPSA) is 63.5 Å². The van der Waals surface area contributed by atoms with Gasteiger partial charge in [0.1, 0.15) is 23.5 Å². The molecular weight excluding hydrogens is 333 g/mol. The van der Waals surface area contributed by atoms with Crippen LogP contribution in [0.1, 0.15) is 25.6 Å². The zero-order chi connectivity index (χ0) is 18.8. The van der Waals surface area contributed by atoms with E-state index in [1.807, 2.05) is 26.2 Å². The van der Waals surface area contributed by atoms with Gasteiger partial charge in [0.05, 0.1) is 6.54 Å². The third-order valence-electron chi connectivity index (χ3n) is 3.96. The van der Waals surface area contributed by atoms with Gasteiger partial charge in [-0.05, 0) is 38.8 Å². The molecule has 7 heteroatoms. The number of benzene rings is 1. The SMILES string of the molecule is CN=C(NCCCCn1ccnc1C)NCC(C)Oc1cccc(F)c1. The minimum absolute atomic E-state index is 0.112. The van der Waals surface area contributed by atoms with Crippen LogP contribution in [0.4, 0.5) is 4.39 Å². The quantitative estimate of drug-likeness (QED) is 0.410. The Morgan fingerprint density at radius 1 is 1.35 bits per heavy atom. The fourth-order valence-corrected chi connectivity index (χ4v) is 2.53. The first-order valence-electron chi connectivity index (χ1n) is 8.93. The van der Waals surface area contributed by atoms with Crippen LogP contribution in [-0.4, -0.2) is 41.8 Å². The van der Waals surface area contributed by atoms with Crippen LogP contribution in [0.15, 0.2) is 41.7 Å². The zero-order valence-corrected chi connectivity index (χ0v) is 15.7. The third-order valence-corrected chi connectivity index (χ3v) is 3.96. The molecule has 0 aliphatic carbocycles. The summed E-state index contributed by atoms with van der Waals surface area (Å²) in [6.07, 6.45) is 5.82. The Bertz CT molecular complexity index is 701. The Balaban J connectivity index is 1.62. The molecule has 142 valence electrons. The van der Waals surface area contributed by atoms with Crippen molar-refractivity contribution in [1.29, 1.82) is 0 Å². The van der Waals surface area contributed by atoms with E-state index in [2.05, 4.69) is 25.2 Å². The summed E-state index contributed by atoms with van der Waals surface area (Å²) in [5.74, 6) is 2.00. The molecule has 0 aliphatic heterocycles. The third kappa shape index (κ3) is 6.74. The van der Waals surface area contributed by atoms with Gasteiger partial charge in [-0.15, -0.1) is 0 Å². The van der Waals surface area contributed by atoms with Crippen molar-refractivity contribution < 1.29 is 9.13 Å². The maximum atomic E-state index is 13.2. The van der Waals surface area contributed by atoms with E-state index in [0.717, 1.165) is 37.7 Å². The summed E-state index contributed by atoms with van der Waals surface area (Å²) in [7, 11) is 1.74. The Hall–Kier alpha value is -2.57. The molecule has 0 bridgehead atoms. The van der Waals surface area contributed by atoms with Gasteiger partial charge in [0.25, 0.3) is 0 Å². The molecule has 0 aliphatic rings. The molecule has 0 fully saturated rings. The standard InChI is InChI=1S/C19H28FN5O/c1-15(26-18-8-6-7-17(20)13-18)14-24-19(21-3)23-9-4-5-11-25-12-10-22-16(25)2/h6-8,10,12-13,15H,4-5,9,11,14H2,1-3H3,(H2,21,23,24). The van der Waals surface area contributed by atoms with Gasteiger partial charge in [-0.3, -0.25) is 4.99 Å². The van der Waals surface area contributed by atoms with Crippen molar-refractivity contribution >= 4 is 5.96 Å². The highest BCUT2D eigenvalue weighted by molar-refractivity contribution is 5.79. The van der Waals surface area contributed by atoms with Gasteiger partial charge in [0.15, 0.2) is 5.96 Å². The number of aryl methyl sites for hydroxylation is 2. The second kappa shape index (κ2) is 10.4. The first-order chi connectivity index (χ1) is 12.6. The van der Waals surface area contributed by atoms with Crippen LogP contribution in [-0.2, 0) is 6.54 Å². The highest BCUT2D eigenvalue weighted by atomic mass is 19.1. The lowest BCUT2D eigenvalue weighted by atomic mass is 10.3. The number of ether oxygens (including phenoxy) is 1. The lowest BCUT2D eigenvalue weighted by Gasteiger charge is -2.17. The van der Waals surface area contributed by atoms with Gasteiger partial charge in [-0.1, -0.05) is 6.07 Å². The van der Waals surface area contributed by atoms with Gasteiger partial charge in [-0.2, -0.15) is 0 Å². The van der Waals surface area contributed by atoms with Gasteiger partial charge >= 0.3 is 0 Å². The van der Waals surface area contributed by atoms with Crippen LogP contribution in [0.25, 0.3) is 0 Å². The first kappa shape index (κ1) is 19.8. The smallest absolute Gasteiger partial charge is 0.191 e. The molecule has 1 heterocycles. The average molecular weight is 361 g/mol. The molecule has 1 atom stereocenters. The molecule has 2 N–H and O–H groups in total. The van der Waals surface area contributed by atoms with E-state index in [1.54, 1.807) is 19.2 Å². The number of hydrogen-bond acceptors (Lipinski definition) is 3. The zero-order valence-electron chi connectivity index (χ0n) is 15.7. The highest BCUT2D eigenvalue weighted by Gasteiger charge is 2.06. The van der Waals surface area contributed by atoms with Crippen molar-refractivity contribution in [2.75, 3.05) is 20.1 Å². The molecule has 6 nitrogen and oxygen atoms in total. The number of aliphatic imine (C=N–C) groups is 1. The van der Waals surface area contributed by atoms with Gasteiger partial charge in [0, 0.05) is 38.6 Å². The summed E-state index contributed by atoms with van der Waals surface area (Å²) in [5, 5.41) is 6.51. The summed E-state index contributed by atoms with van der Waals surface area (Å²) in [4.78, 5) is 8.42. The van der Waals surface area contributed by atoms with Crippen LogP contribution in [0.3, 0.4) is 0 Å². The lowest BCUT2D eigenvalue weighted by molar-refractivity contribution is 0.223. The van der Waals surface area contributed by atoms with Crippen molar-refractivity contribution in [1.82, 2.24) is 20.2 Å². The molecule has 0 saturated carbocycles. The van der Waals surface area contributed by atoms with Crippen LogP contribution in [0, 0.1) is 12.7 Å². The van der Waals surface area contributed by atoms with Crippen molar-refractivity contribution in [3.8, 4) is 5.75 Å². The lowest BCUT2D eigenvalue weighted by Crippen LogP contribution is -2.42. The number of unbranched alkanes of at least 4 members (excludes halogenated alkanes) is 1.